The molecule has 1 aromatic carbocycles. The lowest BCUT2D eigenvalue weighted by atomic mass is 10.1. The molecular formula is C15H18FNO4. The van der Waals surface area contributed by atoms with Crippen molar-refractivity contribution in [2.24, 2.45) is 5.92 Å². The molecule has 2 unspecified atom stereocenters. The maximum absolute atomic E-state index is 12.9. The van der Waals surface area contributed by atoms with Crippen molar-refractivity contribution in [3.05, 3.63) is 35.6 Å². The standard InChI is InChI=1S/C15H18FNO4/c1-21-7-6-17(9-14(18)19)15(20)13-8-12(13)10-2-4-11(16)5-3-10/h2-5,12-13H,6-9H2,1H3,(H,18,19). The number of hydrogen-bond donors (Lipinski definition) is 1. The van der Waals surface area contributed by atoms with E-state index in [2.05, 4.69) is 0 Å². The molecule has 0 aromatic heterocycles. The second kappa shape index (κ2) is 6.67. The monoisotopic (exact) mass is 295 g/mol. The van der Waals surface area contributed by atoms with E-state index in [1.165, 1.54) is 24.1 Å². The van der Waals surface area contributed by atoms with Gasteiger partial charge in [0, 0.05) is 19.6 Å². The number of benzene rings is 1. The summed E-state index contributed by atoms with van der Waals surface area (Å²) in [5.74, 6) is -1.69. The Balaban J connectivity index is 1.98. The van der Waals surface area contributed by atoms with Gasteiger partial charge in [-0.2, -0.15) is 0 Å². The van der Waals surface area contributed by atoms with Crippen molar-refractivity contribution in [3.63, 3.8) is 0 Å². The third kappa shape index (κ3) is 4.01. The molecule has 5 nitrogen and oxygen atoms in total. The Morgan fingerprint density at radius 2 is 2.05 bits per heavy atom. The van der Waals surface area contributed by atoms with Crippen LogP contribution in [0.5, 0.6) is 0 Å². The molecule has 1 amide bonds. The summed E-state index contributed by atoms with van der Waals surface area (Å²) in [6.07, 6.45) is 0.674. The summed E-state index contributed by atoms with van der Waals surface area (Å²) >= 11 is 0. The summed E-state index contributed by atoms with van der Waals surface area (Å²) in [7, 11) is 1.50. The lowest BCUT2D eigenvalue weighted by molar-refractivity contribution is -0.145. The highest BCUT2D eigenvalue weighted by Crippen LogP contribution is 2.48. The topological polar surface area (TPSA) is 66.8 Å². The number of rotatable bonds is 7. The maximum atomic E-state index is 12.9. The van der Waals surface area contributed by atoms with E-state index in [4.69, 9.17) is 9.84 Å². The number of amides is 1. The van der Waals surface area contributed by atoms with E-state index in [0.717, 1.165) is 5.56 Å². The molecule has 1 aliphatic rings. The average Bonchev–Trinajstić information content (AvgIpc) is 3.23. The average molecular weight is 295 g/mol. The van der Waals surface area contributed by atoms with Gasteiger partial charge < -0.3 is 14.7 Å². The largest absolute Gasteiger partial charge is 0.480 e. The first-order valence-corrected chi connectivity index (χ1v) is 6.78. The number of halogens is 1. The lowest BCUT2D eigenvalue weighted by Gasteiger charge is -2.20. The van der Waals surface area contributed by atoms with Crippen LogP contribution in [0.1, 0.15) is 17.9 Å². The van der Waals surface area contributed by atoms with E-state index in [9.17, 15) is 14.0 Å². The molecule has 2 rings (SSSR count). The zero-order valence-electron chi connectivity index (χ0n) is 11.8. The molecule has 0 saturated heterocycles. The Bertz CT molecular complexity index is 517. The van der Waals surface area contributed by atoms with Crippen molar-refractivity contribution in [3.8, 4) is 0 Å². The molecule has 0 bridgehead atoms. The summed E-state index contributed by atoms with van der Waals surface area (Å²) < 4.78 is 17.8. The number of carboxylic acid groups (broad SMARTS) is 1. The molecule has 1 N–H and O–H groups in total. The number of aliphatic carboxylic acids is 1. The SMILES string of the molecule is COCCN(CC(=O)O)C(=O)C1CC1c1ccc(F)cc1. The highest BCUT2D eigenvalue weighted by Gasteiger charge is 2.45. The van der Waals surface area contributed by atoms with Crippen molar-refractivity contribution in [2.45, 2.75) is 12.3 Å². The number of carboxylic acids is 1. The van der Waals surface area contributed by atoms with Crippen LogP contribution in [0, 0.1) is 11.7 Å². The Hall–Kier alpha value is -1.95. The van der Waals surface area contributed by atoms with Crippen LogP contribution in [0.25, 0.3) is 0 Å². The van der Waals surface area contributed by atoms with E-state index in [0.29, 0.717) is 13.0 Å². The molecule has 6 heteroatoms. The second-order valence-corrected chi connectivity index (χ2v) is 5.15. The molecule has 0 heterocycles. The fourth-order valence-corrected chi connectivity index (χ4v) is 2.41. The minimum Gasteiger partial charge on any atom is -0.480 e. The number of nitrogens with zero attached hydrogens (tertiary/aromatic N) is 1. The molecule has 1 aromatic rings. The normalized spacial score (nSPS) is 20.1. The number of ether oxygens (including phenoxy) is 1. The zero-order chi connectivity index (χ0) is 15.4. The molecule has 0 radical (unpaired) electrons. The van der Waals surface area contributed by atoms with Crippen molar-refractivity contribution < 1.29 is 23.8 Å². The van der Waals surface area contributed by atoms with Gasteiger partial charge in [-0.3, -0.25) is 9.59 Å². The summed E-state index contributed by atoms with van der Waals surface area (Å²) in [5.41, 5.74) is 0.914. The molecular weight excluding hydrogens is 277 g/mol. The fraction of sp³-hybridized carbons (Fsp3) is 0.467. The molecule has 1 fully saturated rings. The Labute approximate surface area is 122 Å². The van der Waals surface area contributed by atoms with Crippen LogP contribution in [0.2, 0.25) is 0 Å². The predicted molar refractivity (Wildman–Crippen MR) is 73.3 cm³/mol. The van der Waals surface area contributed by atoms with Gasteiger partial charge in [0.05, 0.1) is 6.61 Å². The van der Waals surface area contributed by atoms with Crippen LogP contribution in [0.3, 0.4) is 0 Å². The van der Waals surface area contributed by atoms with Crippen LogP contribution < -0.4 is 0 Å². The van der Waals surface area contributed by atoms with Gasteiger partial charge in [-0.15, -0.1) is 0 Å². The van der Waals surface area contributed by atoms with Gasteiger partial charge in [0.2, 0.25) is 5.91 Å². The third-order valence-corrected chi connectivity index (χ3v) is 3.61. The Morgan fingerprint density at radius 3 is 2.62 bits per heavy atom. The van der Waals surface area contributed by atoms with Gasteiger partial charge in [-0.1, -0.05) is 12.1 Å². The Kier molecular flexibility index (Phi) is 4.90. The van der Waals surface area contributed by atoms with Gasteiger partial charge in [-0.25, -0.2) is 4.39 Å². The van der Waals surface area contributed by atoms with Crippen molar-refractivity contribution >= 4 is 11.9 Å². The molecule has 2 atom stereocenters. The van der Waals surface area contributed by atoms with Crippen LogP contribution in [-0.4, -0.2) is 48.7 Å². The zero-order valence-corrected chi connectivity index (χ0v) is 11.8. The van der Waals surface area contributed by atoms with Gasteiger partial charge in [-0.05, 0) is 30.0 Å². The number of hydrogen-bond acceptors (Lipinski definition) is 3. The van der Waals surface area contributed by atoms with Crippen LogP contribution in [-0.2, 0) is 14.3 Å². The van der Waals surface area contributed by atoms with Crippen molar-refractivity contribution in [1.82, 2.24) is 4.90 Å². The molecule has 114 valence electrons. The Morgan fingerprint density at radius 1 is 1.38 bits per heavy atom. The highest BCUT2D eigenvalue weighted by atomic mass is 19.1. The van der Waals surface area contributed by atoms with E-state index in [1.807, 2.05) is 0 Å². The number of carbonyl (C=O) groups is 2. The first kappa shape index (κ1) is 15.4. The van der Waals surface area contributed by atoms with E-state index < -0.39 is 5.97 Å². The molecule has 21 heavy (non-hydrogen) atoms. The highest BCUT2D eigenvalue weighted by molar-refractivity contribution is 5.86. The first-order chi connectivity index (χ1) is 10.0. The number of carbonyl (C=O) groups excluding carboxylic acids is 1. The van der Waals surface area contributed by atoms with Crippen LogP contribution >= 0.6 is 0 Å². The first-order valence-electron chi connectivity index (χ1n) is 6.78. The van der Waals surface area contributed by atoms with Gasteiger partial charge >= 0.3 is 5.97 Å². The van der Waals surface area contributed by atoms with Crippen LogP contribution in [0.15, 0.2) is 24.3 Å². The minimum absolute atomic E-state index is 0.0527. The van der Waals surface area contributed by atoms with Gasteiger partial charge in [0.1, 0.15) is 12.4 Å². The van der Waals surface area contributed by atoms with E-state index in [1.54, 1.807) is 12.1 Å². The van der Waals surface area contributed by atoms with Gasteiger partial charge in [0.15, 0.2) is 0 Å². The fourth-order valence-electron chi connectivity index (χ4n) is 2.41. The summed E-state index contributed by atoms with van der Waals surface area (Å²) in [6, 6.07) is 6.08. The smallest absolute Gasteiger partial charge is 0.323 e. The molecule has 0 aliphatic heterocycles. The molecule has 1 saturated carbocycles. The van der Waals surface area contributed by atoms with Crippen LogP contribution in [0.4, 0.5) is 4.39 Å². The maximum Gasteiger partial charge on any atom is 0.323 e. The van der Waals surface area contributed by atoms with E-state index in [-0.39, 0.29) is 36.6 Å². The molecule has 1 aliphatic carbocycles. The summed E-state index contributed by atoms with van der Waals surface area (Å²) in [5, 5.41) is 8.87. The summed E-state index contributed by atoms with van der Waals surface area (Å²) in [6.45, 7) is 0.232. The second-order valence-electron chi connectivity index (χ2n) is 5.15. The predicted octanol–water partition coefficient (Wildman–Crippen LogP) is 1.49. The minimum atomic E-state index is -1.04. The van der Waals surface area contributed by atoms with Crippen molar-refractivity contribution in [2.75, 3.05) is 26.8 Å². The number of methoxy groups -OCH3 is 1. The summed E-state index contributed by atoms with van der Waals surface area (Å²) in [4.78, 5) is 24.5. The van der Waals surface area contributed by atoms with E-state index >= 15 is 0 Å². The van der Waals surface area contributed by atoms with Gasteiger partial charge in [0.25, 0.3) is 0 Å². The van der Waals surface area contributed by atoms with Crippen molar-refractivity contribution in [1.29, 1.82) is 0 Å². The third-order valence-electron chi connectivity index (χ3n) is 3.61. The lowest BCUT2D eigenvalue weighted by Crippen LogP contribution is -2.39. The molecule has 0 spiro atoms. The quantitative estimate of drug-likeness (QED) is 0.827.